The van der Waals surface area contributed by atoms with Crippen molar-refractivity contribution in [1.82, 2.24) is 0 Å². The summed E-state index contributed by atoms with van der Waals surface area (Å²) < 4.78 is 16.9. The van der Waals surface area contributed by atoms with Crippen molar-refractivity contribution in [3.05, 3.63) is 97.2 Å². The number of carbonyl (C=O) groups is 3. The number of unbranched alkanes of at least 4 members (excludes halogenated alkanes) is 35. The van der Waals surface area contributed by atoms with E-state index in [-0.39, 0.29) is 31.1 Å². The van der Waals surface area contributed by atoms with Crippen LogP contribution in [-0.2, 0) is 28.6 Å². The molecule has 0 amide bonds. The van der Waals surface area contributed by atoms with Crippen LogP contribution in [0.1, 0.15) is 335 Å². The smallest absolute Gasteiger partial charge is 0.306 e. The molecule has 0 aromatic heterocycles. The molecule has 1 unspecified atom stereocenters. The lowest BCUT2D eigenvalue weighted by Gasteiger charge is -2.18. The van der Waals surface area contributed by atoms with Gasteiger partial charge in [-0.3, -0.25) is 14.4 Å². The summed E-state index contributed by atoms with van der Waals surface area (Å²) in [6.45, 7) is 6.49. The third-order valence-electron chi connectivity index (χ3n) is 14.8. The minimum atomic E-state index is -0.783. The van der Waals surface area contributed by atoms with Crippen LogP contribution in [0.2, 0.25) is 0 Å². The Morgan fingerprint density at radius 2 is 0.512 bits per heavy atom. The fraction of sp³-hybridized carbons (Fsp3) is 0.743. The van der Waals surface area contributed by atoms with Gasteiger partial charge in [-0.15, -0.1) is 0 Å². The van der Waals surface area contributed by atoms with Crippen molar-refractivity contribution in [2.75, 3.05) is 13.2 Å². The van der Waals surface area contributed by atoms with Gasteiger partial charge in [-0.2, -0.15) is 0 Å². The Hall–Kier alpha value is -3.67. The largest absolute Gasteiger partial charge is 0.462 e. The molecule has 0 aliphatic carbocycles. The van der Waals surface area contributed by atoms with E-state index in [2.05, 4.69) is 118 Å². The third kappa shape index (κ3) is 65.1. The van der Waals surface area contributed by atoms with Crippen molar-refractivity contribution in [3.8, 4) is 0 Å². The molecule has 0 bridgehead atoms. The lowest BCUT2D eigenvalue weighted by Crippen LogP contribution is -2.30. The van der Waals surface area contributed by atoms with Gasteiger partial charge in [0.25, 0.3) is 0 Å². The summed E-state index contributed by atoms with van der Waals surface area (Å²) in [5.41, 5.74) is 0. The summed E-state index contributed by atoms with van der Waals surface area (Å²) in [5.74, 6) is -0.880. The maximum Gasteiger partial charge on any atom is 0.306 e. The number of hydrogen-bond donors (Lipinski definition) is 0. The van der Waals surface area contributed by atoms with Gasteiger partial charge in [0.15, 0.2) is 6.10 Å². The fourth-order valence-corrected chi connectivity index (χ4v) is 9.72. The van der Waals surface area contributed by atoms with Crippen LogP contribution in [0, 0.1) is 0 Å². The summed E-state index contributed by atoms with van der Waals surface area (Å²) in [4.78, 5) is 38.4. The number of hydrogen-bond acceptors (Lipinski definition) is 6. The van der Waals surface area contributed by atoms with Gasteiger partial charge in [0.1, 0.15) is 13.2 Å². The van der Waals surface area contributed by atoms with Crippen molar-refractivity contribution in [3.63, 3.8) is 0 Å². The summed E-state index contributed by atoms with van der Waals surface area (Å²) >= 11 is 0. The molecule has 0 aliphatic rings. The van der Waals surface area contributed by atoms with Gasteiger partial charge >= 0.3 is 17.9 Å². The number of ether oxygens (including phenoxy) is 3. The van der Waals surface area contributed by atoms with Crippen LogP contribution in [-0.4, -0.2) is 37.2 Å². The predicted octanol–water partition coefficient (Wildman–Crippen LogP) is 23.6. The van der Waals surface area contributed by atoms with E-state index in [9.17, 15) is 14.4 Å². The quantitative estimate of drug-likeness (QED) is 0.0261. The van der Waals surface area contributed by atoms with E-state index >= 15 is 0 Å². The summed E-state index contributed by atoms with van der Waals surface area (Å²) in [6, 6.07) is 0. The van der Waals surface area contributed by atoms with Crippen LogP contribution in [0.25, 0.3) is 0 Å². The molecule has 0 saturated carbocycles. The first-order valence-electron chi connectivity index (χ1n) is 34.2. The number of allylic oxidation sites excluding steroid dienone is 16. The predicted molar refractivity (Wildman–Crippen MR) is 348 cm³/mol. The molecule has 0 aromatic rings. The topological polar surface area (TPSA) is 78.9 Å². The number of carbonyl (C=O) groups excluding carboxylic acids is 3. The Morgan fingerprint density at radius 1 is 0.263 bits per heavy atom. The van der Waals surface area contributed by atoms with Crippen LogP contribution < -0.4 is 0 Å². The number of rotatable bonds is 62. The van der Waals surface area contributed by atoms with Crippen LogP contribution in [0.3, 0.4) is 0 Å². The molecule has 1 atom stereocenters. The molecule has 460 valence electrons. The van der Waals surface area contributed by atoms with E-state index in [0.29, 0.717) is 19.3 Å². The highest BCUT2D eigenvalue weighted by atomic mass is 16.6. The first-order chi connectivity index (χ1) is 39.5. The molecule has 0 rings (SSSR count). The Labute approximate surface area is 496 Å². The van der Waals surface area contributed by atoms with Crippen LogP contribution in [0.4, 0.5) is 0 Å². The molecular weight excluding hydrogens is 985 g/mol. The van der Waals surface area contributed by atoms with Gasteiger partial charge in [0.05, 0.1) is 0 Å². The van der Waals surface area contributed by atoms with Crippen molar-refractivity contribution >= 4 is 17.9 Å². The second-order valence-corrected chi connectivity index (χ2v) is 22.7. The molecule has 0 fully saturated rings. The normalized spacial score (nSPS) is 12.7. The fourth-order valence-electron chi connectivity index (χ4n) is 9.72. The van der Waals surface area contributed by atoms with Gasteiger partial charge in [0, 0.05) is 19.3 Å². The summed E-state index contributed by atoms with van der Waals surface area (Å²) in [6.07, 6.45) is 91.4. The molecular formula is C74H128O6. The van der Waals surface area contributed by atoms with E-state index in [1.165, 1.54) is 173 Å². The zero-order chi connectivity index (χ0) is 57.8. The van der Waals surface area contributed by atoms with Crippen LogP contribution in [0.5, 0.6) is 0 Å². The lowest BCUT2D eigenvalue weighted by molar-refractivity contribution is -0.167. The van der Waals surface area contributed by atoms with Crippen LogP contribution in [0.15, 0.2) is 97.2 Å². The maximum absolute atomic E-state index is 12.9. The first-order valence-corrected chi connectivity index (χ1v) is 34.2. The Bertz CT molecular complexity index is 1560. The average molecular weight is 1110 g/mol. The first kappa shape index (κ1) is 76.3. The Morgan fingerprint density at radius 3 is 0.812 bits per heavy atom. The number of esters is 3. The summed E-state index contributed by atoms with van der Waals surface area (Å²) in [7, 11) is 0. The van der Waals surface area contributed by atoms with Gasteiger partial charge in [-0.25, -0.2) is 0 Å². The average Bonchev–Trinajstić information content (AvgIpc) is 3.46. The highest BCUT2D eigenvalue weighted by Crippen LogP contribution is 2.17. The van der Waals surface area contributed by atoms with Crippen molar-refractivity contribution < 1.29 is 28.6 Å². The van der Waals surface area contributed by atoms with Gasteiger partial charge < -0.3 is 14.2 Å². The molecule has 0 spiro atoms. The van der Waals surface area contributed by atoms with E-state index in [1.807, 2.05) is 0 Å². The van der Waals surface area contributed by atoms with E-state index in [0.717, 1.165) is 122 Å². The second-order valence-electron chi connectivity index (χ2n) is 22.7. The monoisotopic (exact) mass is 1110 g/mol. The molecule has 6 heteroatoms. The van der Waals surface area contributed by atoms with Gasteiger partial charge in [-0.1, -0.05) is 317 Å². The lowest BCUT2D eigenvalue weighted by atomic mass is 10.0. The molecule has 0 N–H and O–H groups in total. The van der Waals surface area contributed by atoms with E-state index < -0.39 is 6.10 Å². The Balaban J connectivity index is 4.24. The SMILES string of the molecule is CC/C=C\C/C=C\C/C=C\C/C=C\C/C=C\C/C=C\CCCCCCCCCCCCCCC(=O)OCC(COC(=O)CCCCCCC/C=C\C/C=C\CCC)OC(=O)CCCCCCCCCCCCCCCCCCCC. The van der Waals surface area contributed by atoms with Crippen molar-refractivity contribution in [1.29, 1.82) is 0 Å². The standard InChI is InChI=1S/C74H128O6/c1-4-7-10-13-16-19-22-25-27-29-31-32-33-34-35-36-37-38-39-40-41-42-43-45-46-49-52-55-58-61-64-67-73(76)79-70-71(69-78-72(75)66-63-60-57-54-51-48-24-21-18-15-12-9-6-3)80-74(77)68-65-62-59-56-53-50-47-44-30-28-26-23-20-17-14-11-8-5-2/h7,10,12,15-16,19,21,24-25,27,31-32,34-35,37-38,71H,4-6,8-9,11,13-14,17-18,20,22-23,26,28-30,33,36,39-70H2,1-3H3/b10-7-,15-12-,19-16-,24-21-,27-25-,32-31-,35-34-,38-37-. The van der Waals surface area contributed by atoms with Gasteiger partial charge in [0.2, 0.25) is 0 Å². The Kier molecular flexibility index (Phi) is 64.7. The maximum atomic E-state index is 12.9. The minimum Gasteiger partial charge on any atom is -0.462 e. The molecule has 0 heterocycles. The molecule has 6 nitrogen and oxygen atoms in total. The highest BCUT2D eigenvalue weighted by Gasteiger charge is 2.19. The highest BCUT2D eigenvalue weighted by molar-refractivity contribution is 5.71. The van der Waals surface area contributed by atoms with Crippen molar-refractivity contribution in [2.24, 2.45) is 0 Å². The van der Waals surface area contributed by atoms with E-state index in [4.69, 9.17) is 14.2 Å². The molecule has 0 saturated heterocycles. The van der Waals surface area contributed by atoms with E-state index in [1.54, 1.807) is 0 Å². The van der Waals surface area contributed by atoms with Crippen molar-refractivity contribution in [2.45, 2.75) is 341 Å². The minimum absolute atomic E-state index is 0.0794. The zero-order valence-electron chi connectivity index (χ0n) is 52.8. The molecule has 0 radical (unpaired) electrons. The zero-order valence-corrected chi connectivity index (χ0v) is 52.8. The third-order valence-corrected chi connectivity index (χ3v) is 14.8. The molecule has 0 aromatic carbocycles. The molecule has 80 heavy (non-hydrogen) atoms. The van der Waals surface area contributed by atoms with Crippen LogP contribution >= 0.6 is 0 Å². The van der Waals surface area contributed by atoms with Gasteiger partial charge in [-0.05, 0) is 96.3 Å². The molecule has 0 aliphatic heterocycles. The second kappa shape index (κ2) is 67.8. The summed E-state index contributed by atoms with van der Waals surface area (Å²) in [5, 5.41) is 0.